The Kier molecular flexibility index (Phi) is 5.69. The second kappa shape index (κ2) is 6.82. The maximum atomic E-state index is 13.1. The fraction of sp³-hybridized carbons (Fsp3) is 0.462. The summed E-state index contributed by atoms with van der Waals surface area (Å²) in [7, 11) is 0. The molecule has 1 aliphatic heterocycles. The van der Waals surface area contributed by atoms with Crippen molar-refractivity contribution in [1.82, 2.24) is 10.6 Å². The molecule has 0 bridgehead atoms. The van der Waals surface area contributed by atoms with Crippen LogP contribution in [-0.4, -0.2) is 25.5 Å². The van der Waals surface area contributed by atoms with Gasteiger partial charge in [-0.05, 0) is 24.6 Å². The predicted molar refractivity (Wildman–Crippen MR) is 71.4 cm³/mol. The van der Waals surface area contributed by atoms with E-state index in [1.807, 2.05) is 0 Å². The maximum absolute atomic E-state index is 13.1. The third-order valence-corrected chi connectivity index (χ3v) is 3.27. The van der Waals surface area contributed by atoms with E-state index in [-0.39, 0.29) is 18.3 Å². The highest BCUT2D eigenvalue weighted by molar-refractivity contribution is 5.85. The maximum Gasteiger partial charge on any atom is 0.227 e. The fourth-order valence-corrected chi connectivity index (χ4v) is 1.82. The number of hydrogen-bond acceptors (Lipinski definition) is 2. The van der Waals surface area contributed by atoms with Crippen LogP contribution < -0.4 is 10.6 Å². The molecular weight excluding hydrogens is 274 g/mol. The van der Waals surface area contributed by atoms with Crippen molar-refractivity contribution < 1.29 is 13.6 Å². The van der Waals surface area contributed by atoms with Crippen LogP contribution in [0, 0.1) is 17.6 Å². The lowest BCUT2D eigenvalue weighted by molar-refractivity contribution is -0.122. The van der Waals surface area contributed by atoms with Crippen molar-refractivity contribution in [2.24, 2.45) is 5.92 Å². The van der Waals surface area contributed by atoms with Gasteiger partial charge in [0, 0.05) is 25.6 Å². The molecule has 1 amide bonds. The minimum atomic E-state index is -0.921. The van der Waals surface area contributed by atoms with Crippen LogP contribution in [0.15, 0.2) is 18.2 Å². The molecule has 1 aliphatic rings. The number of nitrogens with one attached hydrogen (secondary N) is 2. The van der Waals surface area contributed by atoms with Crippen LogP contribution in [-0.2, 0) is 4.79 Å². The van der Waals surface area contributed by atoms with Crippen LogP contribution in [0.3, 0.4) is 0 Å². The molecule has 0 aliphatic carbocycles. The monoisotopic (exact) mass is 290 g/mol. The van der Waals surface area contributed by atoms with Gasteiger partial charge in [-0.15, -0.1) is 12.4 Å². The Hall–Kier alpha value is -1.20. The molecule has 2 N–H and O–H groups in total. The lowest BCUT2D eigenvalue weighted by atomic mass is 9.99. The Bertz CT molecular complexity index is 452. The average molecular weight is 291 g/mol. The van der Waals surface area contributed by atoms with Crippen LogP contribution in [0.25, 0.3) is 0 Å². The van der Waals surface area contributed by atoms with E-state index in [1.54, 1.807) is 6.92 Å². The molecule has 2 rings (SSSR count). The van der Waals surface area contributed by atoms with E-state index < -0.39 is 17.6 Å². The third kappa shape index (κ3) is 3.88. The Morgan fingerprint density at radius 2 is 2.11 bits per heavy atom. The van der Waals surface area contributed by atoms with Crippen LogP contribution in [0.2, 0.25) is 0 Å². The van der Waals surface area contributed by atoms with Crippen molar-refractivity contribution in [2.45, 2.75) is 12.8 Å². The largest absolute Gasteiger partial charge is 0.355 e. The van der Waals surface area contributed by atoms with E-state index in [0.29, 0.717) is 18.0 Å². The first-order valence-corrected chi connectivity index (χ1v) is 6.01. The third-order valence-electron chi connectivity index (χ3n) is 3.27. The molecule has 0 radical (unpaired) electrons. The quantitative estimate of drug-likeness (QED) is 0.888. The zero-order valence-corrected chi connectivity index (χ0v) is 11.4. The van der Waals surface area contributed by atoms with Gasteiger partial charge in [0.1, 0.15) is 0 Å². The Morgan fingerprint density at radius 1 is 1.42 bits per heavy atom. The first kappa shape index (κ1) is 15.9. The van der Waals surface area contributed by atoms with E-state index >= 15 is 0 Å². The molecule has 1 unspecified atom stereocenters. The number of benzene rings is 1. The van der Waals surface area contributed by atoms with Gasteiger partial charge in [0.05, 0.1) is 5.92 Å². The number of hydrogen-bond donors (Lipinski definition) is 2. The SMILES string of the molecule is CC(C(=O)NCC1CNC1)c1ccc(F)c(F)c1.Cl. The van der Waals surface area contributed by atoms with E-state index in [4.69, 9.17) is 0 Å². The first-order valence-electron chi connectivity index (χ1n) is 6.01. The Labute approximate surface area is 117 Å². The molecule has 1 saturated heterocycles. The molecule has 3 nitrogen and oxygen atoms in total. The standard InChI is InChI=1S/C13H16F2N2O.ClH/c1-8(10-2-3-11(14)12(15)4-10)13(18)17-7-9-5-16-6-9;/h2-4,8-9,16H,5-7H2,1H3,(H,17,18);1H. The number of rotatable bonds is 4. The first-order chi connectivity index (χ1) is 8.58. The summed E-state index contributed by atoms with van der Waals surface area (Å²) < 4.78 is 25.9. The molecule has 1 atom stereocenters. The van der Waals surface area contributed by atoms with Gasteiger partial charge < -0.3 is 10.6 Å². The smallest absolute Gasteiger partial charge is 0.227 e. The number of carbonyl (C=O) groups excluding carboxylic acids is 1. The molecule has 1 aromatic carbocycles. The summed E-state index contributed by atoms with van der Waals surface area (Å²) in [6.45, 7) is 4.14. The number of amides is 1. The van der Waals surface area contributed by atoms with E-state index in [0.717, 1.165) is 25.2 Å². The fourth-order valence-electron chi connectivity index (χ4n) is 1.82. The van der Waals surface area contributed by atoms with Gasteiger partial charge in [0.15, 0.2) is 11.6 Å². The summed E-state index contributed by atoms with van der Waals surface area (Å²) in [4.78, 5) is 11.8. The van der Waals surface area contributed by atoms with Crippen LogP contribution in [0.4, 0.5) is 8.78 Å². The zero-order valence-electron chi connectivity index (χ0n) is 10.6. The van der Waals surface area contributed by atoms with Crippen LogP contribution in [0.1, 0.15) is 18.4 Å². The minimum absolute atomic E-state index is 0. The van der Waals surface area contributed by atoms with E-state index in [9.17, 15) is 13.6 Å². The van der Waals surface area contributed by atoms with Crippen molar-refractivity contribution >= 4 is 18.3 Å². The Balaban J connectivity index is 0.00000180. The van der Waals surface area contributed by atoms with Gasteiger partial charge >= 0.3 is 0 Å². The van der Waals surface area contributed by atoms with Crippen LogP contribution in [0.5, 0.6) is 0 Å². The average Bonchev–Trinajstić information content (AvgIpc) is 2.29. The molecular formula is C13H17ClF2N2O. The van der Waals surface area contributed by atoms with E-state index in [1.165, 1.54) is 6.07 Å². The molecule has 19 heavy (non-hydrogen) atoms. The normalized spacial score (nSPS) is 16.2. The minimum Gasteiger partial charge on any atom is -0.355 e. The molecule has 0 saturated carbocycles. The predicted octanol–water partition coefficient (Wildman–Crippen LogP) is 1.83. The zero-order chi connectivity index (χ0) is 13.1. The van der Waals surface area contributed by atoms with Crippen molar-refractivity contribution in [1.29, 1.82) is 0 Å². The number of halogens is 3. The van der Waals surface area contributed by atoms with Crippen LogP contribution >= 0.6 is 12.4 Å². The molecule has 1 heterocycles. The molecule has 0 spiro atoms. The Morgan fingerprint density at radius 3 is 2.63 bits per heavy atom. The highest BCUT2D eigenvalue weighted by atomic mass is 35.5. The van der Waals surface area contributed by atoms with Gasteiger partial charge in [-0.2, -0.15) is 0 Å². The van der Waals surface area contributed by atoms with Gasteiger partial charge in [-0.25, -0.2) is 8.78 Å². The lowest BCUT2D eigenvalue weighted by Gasteiger charge is -2.27. The van der Waals surface area contributed by atoms with Crippen molar-refractivity contribution in [3.63, 3.8) is 0 Å². The molecule has 106 valence electrons. The molecule has 6 heteroatoms. The molecule has 1 fully saturated rings. The van der Waals surface area contributed by atoms with E-state index in [2.05, 4.69) is 10.6 Å². The molecule has 0 aromatic heterocycles. The van der Waals surface area contributed by atoms with Gasteiger partial charge in [0.25, 0.3) is 0 Å². The molecule has 1 aromatic rings. The highest BCUT2D eigenvalue weighted by Gasteiger charge is 2.20. The summed E-state index contributed by atoms with van der Waals surface area (Å²) in [6, 6.07) is 3.56. The summed E-state index contributed by atoms with van der Waals surface area (Å²) in [5, 5.41) is 5.94. The number of carbonyl (C=O) groups is 1. The van der Waals surface area contributed by atoms with Crippen molar-refractivity contribution in [2.75, 3.05) is 19.6 Å². The van der Waals surface area contributed by atoms with Gasteiger partial charge in [0.2, 0.25) is 5.91 Å². The van der Waals surface area contributed by atoms with Crippen molar-refractivity contribution in [3.8, 4) is 0 Å². The summed E-state index contributed by atoms with van der Waals surface area (Å²) in [5.41, 5.74) is 0.484. The lowest BCUT2D eigenvalue weighted by Crippen LogP contribution is -2.48. The second-order valence-electron chi connectivity index (χ2n) is 4.66. The van der Waals surface area contributed by atoms with Gasteiger partial charge in [-0.3, -0.25) is 4.79 Å². The second-order valence-corrected chi connectivity index (χ2v) is 4.66. The van der Waals surface area contributed by atoms with Crippen molar-refractivity contribution in [3.05, 3.63) is 35.4 Å². The highest BCUT2D eigenvalue weighted by Crippen LogP contribution is 2.18. The summed E-state index contributed by atoms with van der Waals surface area (Å²) in [5.74, 6) is -1.98. The topological polar surface area (TPSA) is 41.1 Å². The van der Waals surface area contributed by atoms with Gasteiger partial charge in [-0.1, -0.05) is 6.07 Å². The summed E-state index contributed by atoms with van der Waals surface area (Å²) >= 11 is 0. The summed E-state index contributed by atoms with van der Waals surface area (Å²) in [6.07, 6.45) is 0.